The number of benzene rings is 3. The van der Waals surface area contributed by atoms with E-state index in [1.54, 1.807) is 24.3 Å². The van der Waals surface area contributed by atoms with E-state index in [1.165, 1.54) is 50.2 Å². The number of imide groups is 2. The second-order valence-corrected chi connectivity index (χ2v) is 14.7. The number of halogens is 3. The molecule has 3 aromatic carbocycles. The van der Waals surface area contributed by atoms with E-state index >= 15 is 0 Å². The molecule has 1 heterocycles. The van der Waals surface area contributed by atoms with Crippen molar-refractivity contribution in [1.82, 2.24) is 5.32 Å². The van der Waals surface area contributed by atoms with Crippen molar-refractivity contribution in [3.05, 3.63) is 91.4 Å². The highest BCUT2D eigenvalue weighted by atomic mass is 79.9. The normalized spacial score (nSPS) is 26.1. The van der Waals surface area contributed by atoms with Gasteiger partial charge in [-0.05, 0) is 128 Å². The van der Waals surface area contributed by atoms with E-state index in [0.29, 0.717) is 43.9 Å². The number of carbonyl (C=O) groups excluding carboxylic acids is 3. The summed E-state index contributed by atoms with van der Waals surface area (Å²) in [4.78, 5) is 40.7. The molecule has 0 spiro atoms. The predicted octanol–water partition coefficient (Wildman–Crippen LogP) is 8.87. The maximum Gasteiger partial charge on any atom is 0.335 e. The van der Waals surface area contributed by atoms with Crippen molar-refractivity contribution in [3.8, 4) is 11.5 Å². The van der Waals surface area contributed by atoms with Crippen LogP contribution < -0.4 is 19.7 Å². The molecule has 4 saturated carbocycles. The molecule has 238 valence electrons. The van der Waals surface area contributed by atoms with Crippen LogP contribution >= 0.6 is 39.1 Å². The van der Waals surface area contributed by atoms with Gasteiger partial charge >= 0.3 is 6.03 Å². The van der Waals surface area contributed by atoms with Crippen LogP contribution in [0.1, 0.15) is 62.1 Å². The molecule has 1 saturated heterocycles. The highest BCUT2D eigenvalue weighted by Crippen LogP contribution is 2.60. The number of barbiturate groups is 1. The number of ether oxygens (including phenoxy) is 2. The summed E-state index contributed by atoms with van der Waals surface area (Å²) >= 11 is 15.7. The zero-order chi connectivity index (χ0) is 32.2. The Hall–Kier alpha value is -3.33. The Kier molecular flexibility index (Phi) is 8.41. The Balaban J connectivity index is 1.14. The van der Waals surface area contributed by atoms with Gasteiger partial charge in [-0.1, -0.05) is 57.3 Å². The number of amides is 4. The van der Waals surface area contributed by atoms with Crippen molar-refractivity contribution in [2.24, 2.45) is 17.8 Å². The lowest BCUT2D eigenvalue weighted by Crippen LogP contribution is -2.54. The van der Waals surface area contributed by atoms with Gasteiger partial charge in [-0.15, -0.1) is 0 Å². The predicted molar refractivity (Wildman–Crippen MR) is 181 cm³/mol. The van der Waals surface area contributed by atoms with Crippen LogP contribution in [0.25, 0.3) is 6.08 Å². The Morgan fingerprint density at radius 3 is 2.17 bits per heavy atom. The first kappa shape index (κ1) is 31.3. The average molecular weight is 724 g/mol. The molecule has 3 aromatic rings. The number of hydrogen-bond acceptors (Lipinski definition) is 5. The number of nitrogens with one attached hydrogen (secondary N) is 1. The van der Waals surface area contributed by atoms with Crippen molar-refractivity contribution < 1.29 is 23.9 Å². The quantitative estimate of drug-likeness (QED) is 0.185. The molecule has 4 amide bonds. The fraction of sp³-hybridized carbons (Fsp3) is 0.361. The zero-order valence-corrected chi connectivity index (χ0v) is 28.4. The topological polar surface area (TPSA) is 84.9 Å². The van der Waals surface area contributed by atoms with Gasteiger partial charge in [0.25, 0.3) is 11.8 Å². The highest BCUT2D eigenvalue weighted by molar-refractivity contribution is 9.10. The van der Waals surface area contributed by atoms with E-state index in [-0.39, 0.29) is 17.6 Å². The van der Waals surface area contributed by atoms with E-state index < -0.39 is 17.8 Å². The molecule has 46 heavy (non-hydrogen) atoms. The van der Waals surface area contributed by atoms with Gasteiger partial charge in [0.05, 0.1) is 22.3 Å². The van der Waals surface area contributed by atoms with Crippen LogP contribution in [0.5, 0.6) is 11.5 Å². The second kappa shape index (κ2) is 12.4. The lowest BCUT2D eigenvalue weighted by Gasteiger charge is -2.57. The minimum absolute atomic E-state index is 0.169. The smallest absolute Gasteiger partial charge is 0.335 e. The third-order valence-corrected chi connectivity index (χ3v) is 11.3. The van der Waals surface area contributed by atoms with Crippen molar-refractivity contribution >= 4 is 68.7 Å². The monoisotopic (exact) mass is 722 g/mol. The van der Waals surface area contributed by atoms with Gasteiger partial charge in [0.2, 0.25) is 0 Å². The standard InChI is InChI=1S/C36H33BrCl2N2O5/c1-2-45-31-14-24(28(37)15-32(31)46-19-20-3-8-29(38)30(39)12-20)13-27-33(42)40-35(44)41(34(27)43)26-6-4-25(5-7-26)36-16-21-9-22(17-36)11-23(10-21)18-36/h3-8,12-15,21-23H,2,9-11,16-19H2,1H3,(H,40,42,44)/b27-13+. The Labute approximate surface area is 286 Å². The summed E-state index contributed by atoms with van der Waals surface area (Å²) in [5.74, 6) is 1.86. The lowest BCUT2D eigenvalue weighted by molar-refractivity contribution is -0.122. The lowest BCUT2D eigenvalue weighted by atomic mass is 9.48. The molecule has 4 aliphatic carbocycles. The second-order valence-electron chi connectivity index (χ2n) is 13.0. The Morgan fingerprint density at radius 2 is 1.54 bits per heavy atom. The zero-order valence-electron chi connectivity index (χ0n) is 25.3. The summed E-state index contributed by atoms with van der Waals surface area (Å²) in [6.07, 6.45) is 9.21. The number of urea groups is 1. The van der Waals surface area contributed by atoms with Gasteiger partial charge in [-0.2, -0.15) is 0 Å². The summed E-state index contributed by atoms with van der Waals surface area (Å²) in [5, 5.41) is 3.22. The van der Waals surface area contributed by atoms with Crippen LogP contribution in [0.2, 0.25) is 10.0 Å². The van der Waals surface area contributed by atoms with Gasteiger partial charge in [0.1, 0.15) is 12.2 Å². The molecule has 8 rings (SSSR count). The number of hydrogen-bond donors (Lipinski definition) is 1. The third-order valence-electron chi connectivity index (χ3n) is 9.92. The van der Waals surface area contributed by atoms with Crippen molar-refractivity contribution in [1.29, 1.82) is 0 Å². The van der Waals surface area contributed by atoms with E-state index in [0.717, 1.165) is 28.2 Å². The number of rotatable bonds is 8. The summed E-state index contributed by atoms with van der Waals surface area (Å²) in [5.41, 5.74) is 3.08. The number of nitrogens with zero attached hydrogens (tertiary/aromatic N) is 1. The van der Waals surface area contributed by atoms with Crippen LogP contribution in [-0.2, 0) is 21.6 Å². The van der Waals surface area contributed by atoms with Gasteiger partial charge in [-0.3, -0.25) is 14.9 Å². The van der Waals surface area contributed by atoms with Crippen LogP contribution in [0.3, 0.4) is 0 Å². The molecule has 1 aliphatic heterocycles. The summed E-state index contributed by atoms with van der Waals surface area (Å²) < 4.78 is 12.4. The molecular weight excluding hydrogens is 691 g/mol. The molecule has 4 bridgehead atoms. The van der Waals surface area contributed by atoms with Gasteiger partial charge in [0, 0.05) is 4.47 Å². The van der Waals surface area contributed by atoms with E-state index in [2.05, 4.69) is 33.4 Å². The average Bonchev–Trinajstić information content (AvgIpc) is 3.01. The van der Waals surface area contributed by atoms with Gasteiger partial charge in [0.15, 0.2) is 11.5 Å². The van der Waals surface area contributed by atoms with Gasteiger partial charge in [-0.25, -0.2) is 9.69 Å². The van der Waals surface area contributed by atoms with Crippen LogP contribution in [-0.4, -0.2) is 24.5 Å². The largest absolute Gasteiger partial charge is 0.490 e. The van der Waals surface area contributed by atoms with Crippen LogP contribution in [0, 0.1) is 17.8 Å². The molecule has 10 heteroatoms. The van der Waals surface area contributed by atoms with Crippen molar-refractivity contribution in [3.63, 3.8) is 0 Å². The fourth-order valence-corrected chi connectivity index (χ4v) is 9.07. The fourth-order valence-electron chi connectivity index (χ4n) is 8.31. The van der Waals surface area contributed by atoms with E-state index in [1.807, 2.05) is 25.1 Å². The first-order chi connectivity index (χ1) is 22.1. The number of anilines is 1. The third kappa shape index (κ3) is 5.84. The summed E-state index contributed by atoms with van der Waals surface area (Å²) in [7, 11) is 0. The molecule has 1 N–H and O–H groups in total. The summed E-state index contributed by atoms with van der Waals surface area (Å²) in [6, 6.07) is 15.7. The maximum atomic E-state index is 13.7. The molecule has 5 fully saturated rings. The maximum absolute atomic E-state index is 13.7. The minimum Gasteiger partial charge on any atom is -0.490 e. The summed E-state index contributed by atoms with van der Waals surface area (Å²) in [6.45, 7) is 2.42. The molecule has 0 unspecified atom stereocenters. The highest BCUT2D eigenvalue weighted by Gasteiger charge is 2.51. The minimum atomic E-state index is -0.769. The molecular formula is C36H33BrCl2N2O5. The molecule has 5 aliphatic rings. The molecule has 0 aromatic heterocycles. The first-order valence-electron chi connectivity index (χ1n) is 15.7. The van der Waals surface area contributed by atoms with Crippen molar-refractivity contribution in [2.45, 2.75) is 57.5 Å². The Morgan fingerprint density at radius 1 is 0.891 bits per heavy atom. The van der Waals surface area contributed by atoms with E-state index in [9.17, 15) is 14.4 Å². The first-order valence-corrected chi connectivity index (χ1v) is 17.2. The molecule has 0 radical (unpaired) electrons. The van der Waals surface area contributed by atoms with Crippen LogP contribution in [0.15, 0.2) is 64.6 Å². The molecule has 7 nitrogen and oxygen atoms in total. The Bertz CT molecular complexity index is 1740. The van der Waals surface area contributed by atoms with E-state index in [4.69, 9.17) is 32.7 Å². The number of carbonyl (C=O) groups is 3. The SMILES string of the molecule is CCOc1cc(/C=C2\C(=O)NC(=O)N(c3ccc(C45CC6CC(CC(C6)C4)C5)cc3)C2=O)c(Br)cc1OCc1ccc(Cl)c(Cl)c1. The van der Waals surface area contributed by atoms with Crippen molar-refractivity contribution in [2.75, 3.05) is 11.5 Å². The molecule has 0 atom stereocenters. The van der Waals surface area contributed by atoms with Gasteiger partial charge < -0.3 is 9.47 Å². The van der Waals surface area contributed by atoms with Crippen LogP contribution in [0.4, 0.5) is 10.5 Å².